The van der Waals surface area contributed by atoms with Gasteiger partial charge >= 0.3 is 0 Å². The molecule has 0 bridgehead atoms. The molecule has 2 N–H and O–H groups in total. The molecule has 1 aromatic carbocycles. The van der Waals surface area contributed by atoms with Crippen molar-refractivity contribution in [3.05, 3.63) is 42.4 Å². The van der Waals surface area contributed by atoms with Gasteiger partial charge in [-0.15, -0.1) is 0 Å². The number of aliphatic imine (C=N–C) groups is 1. The number of hydrogen-bond acceptors (Lipinski definition) is 5. The molecule has 0 atom stereocenters. The second-order valence-electron chi connectivity index (χ2n) is 6.93. The van der Waals surface area contributed by atoms with Gasteiger partial charge in [-0.25, -0.2) is 13.4 Å². The lowest BCUT2D eigenvalue weighted by atomic mass is 10.2. The molecule has 0 saturated carbocycles. The van der Waals surface area contributed by atoms with Crippen molar-refractivity contribution in [1.29, 1.82) is 0 Å². The molecule has 1 aromatic heterocycles. The van der Waals surface area contributed by atoms with Gasteiger partial charge in [-0.05, 0) is 5.56 Å². The lowest BCUT2D eigenvalue weighted by Gasteiger charge is -2.27. The molecule has 152 valence electrons. The van der Waals surface area contributed by atoms with Crippen molar-refractivity contribution in [3.8, 4) is 11.3 Å². The van der Waals surface area contributed by atoms with Gasteiger partial charge in [-0.3, -0.25) is 9.89 Å². The second kappa shape index (κ2) is 9.20. The van der Waals surface area contributed by atoms with Crippen LogP contribution in [0.15, 0.2) is 41.5 Å². The van der Waals surface area contributed by atoms with Gasteiger partial charge in [-0.2, -0.15) is 0 Å². The Morgan fingerprint density at radius 3 is 2.68 bits per heavy atom. The van der Waals surface area contributed by atoms with Gasteiger partial charge in [0.1, 0.15) is 5.82 Å². The van der Waals surface area contributed by atoms with Crippen molar-refractivity contribution in [2.45, 2.75) is 6.54 Å². The van der Waals surface area contributed by atoms with Gasteiger partial charge in [0.2, 0.25) is 0 Å². The maximum absolute atomic E-state index is 11.5. The van der Waals surface area contributed by atoms with E-state index < -0.39 is 9.84 Å². The lowest BCUT2D eigenvalue weighted by molar-refractivity contribution is 0.298. The van der Waals surface area contributed by atoms with Gasteiger partial charge in [-0.1, -0.05) is 30.3 Å². The summed E-state index contributed by atoms with van der Waals surface area (Å²) in [6.07, 6.45) is 1.85. The fourth-order valence-corrected chi connectivity index (χ4v) is 4.47. The van der Waals surface area contributed by atoms with E-state index in [1.54, 1.807) is 7.05 Å². The zero-order chi connectivity index (χ0) is 20.0. The number of aromatic nitrogens is 2. The summed E-state index contributed by atoms with van der Waals surface area (Å²) in [4.78, 5) is 16.3. The van der Waals surface area contributed by atoms with Crippen molar-refractivity contribution in [3.63, 3.8) is 0 Å². The van der Waals surface area contributed by atoms with E-state index in [9.17, 15) is 8.42 Å². The summed E-state index contributed by atoms with van der Waals surface area (Å²) in [5.74, 6) is 2.15. The number of nitrogens with one attached hydrogen (secondary N) is 2. The molecule has 0 aliphatic carbocycles. The van der Waals surface area contributed by atoms with Crippen LogP contribution in [0.2, 0.25) is 0 Å². The smallest absolute Gasteiger partial charge is 0.193 e. The molecule has 0 radical (unpaired) electrons. The van der Waals surface area contributed by atoms with Crippen molar-refractivity contribution >= 4 is 15.8 Å². The molecule has 2 heterocycles. The van der Waals surface area contributed by atoms with E-state index in [4.69, 9.17) is 0 Å². The van der Waals surface area contributed by atoms with Gasteiger partial charge in [0.25, 0.3) is 0 Å². The number of nitrogens with zero attached hydrogens (tertiary/aromatic N) is 4. The number of H-pyrrole nitrogens is 1. The normalized spacial score (nSPS) is 17.4. The van der Waals surface area contributed by atoms with Crippen molar-refractivity contribution < 1.29 is 8.42 Å². The van der Waals surface area contributed by atoms with Crippen LogP contribution < -0.4 is 5.32 Å². The molecule has 1 saturated heterocycles. The Balaban J connectivity index is 1.48. The molecule has 9 heteroatoms. The predicted octanol–water partition coefficient (Wildman–Crippen LogP) is 0.814. The highest BCUT2D eigenvalue weighted by Gasteiger charge is 2.21. The zero-order valence-corrected chi connectivity index (χ0v) is 17.2. The van der Waals surface area contributed by atoms with Crippen LogP contribution in [0.5, 0.6) is 0 Å². The number of hydrogen-bond donors (Lipinski definition) is 2. The number of sulfone groups is 1. The van der Waals surface area contributed by atoms with Crippen molar-refractivity contribution in [2.75, 3.05) is 51.8 Å². The minimum absolute atomic E-state index is 0.254. The van der Waals surface area contributed by atoms with E-state index in [0.29, 0.717) is 26.2 Å². The third-order valence-electron chi connectivity index (χ3n) is 4.82. The topological polar surface area (TPSA) is 93.7 Å². The highest BCUT2D eigenvalue weighted by molar-refractivity contribution is 7.91. The minimum atomic E-state index is -2.83. The summed E-state index contributed by atoms with van der Waals surface area (Å²) in [5.41, 5.74) is 2.10. The average molecular weight is 405 g/mol. The first-order valence-electron chi connectivity index (χ1n) is 9.41. The van der Waals surface area contributed by atoms with Crippen LogP contribution in [0.4, 0.5) is 0 Å². The standard InChI is InChI=1S/C19H28N6O2S/c1-20-19(21-8-9-25-10-12-28(26,27)13-11-25)24(2)15-18-22-14-17(23-18)16-6-4-3-5-7-16/h3-7,14H,8-13,15H2,1-2H3,(H,20,21)(H,22,23). The molecule has 28 heavy (non-hydrogen) atoms. The van der Waals surface area contributed by atoms with E-state index in [1.807, 2.05) is 48.5 Å². The Kier molecular flexibility index (Phi) is 6.69. The van der Waals surface area contributed by atoms with E-state index >= 15 is 0 Å². The van der Waals surface area contributed by atoms with Crippen LogP contribution in [0.3, 0.4) is 0 Å². The molecule has 3 rings (SSSR count). The molecule has 0 amide bonds. The first-order chi connectivity index (χ1) is 13.5. The third-order valence-corrected chi connectivity index (χ3v) is 6.43. The Morgan fingerprint density at radius 1 is 1.29 bits per heavy atom. The van der Waals surface area contributed by atoms with Gasteiger partial charge in [0, 0.05) is 40.3 Å². The summed E-state index contributed by atoms with van der Waals surface area (Å²) >= 11 is 0. The van der Waals surface area contributed by atoms with E-state index in [0.717, 1.165) is 29.6 Å². The molecule has 8 nitrogen and oxygen atoms in total. The fourth-order valence-electron chi connectivity index (χ4n) is 3.19. The van der Waals surface area contributed by atoms with Crippen molar-refractivity contribution in [2.24, 2.45) is 4.99 Å². The van der Waals surface area contributed by atoms with Crippen LogP contribution in [0.1, 0.15) is 5.82 Å². The summed E-state index contributed by atoms with van der Waals surface area (Å²) in [6, 6.07) is 10.1. The number of rotatable bonds is 6. The maximum Gasteiger partial charge on any atom is 0.193 e. The highest BCUT2D eigenvalue weighted by atomic mass is 32.2. The maximum atomic E-state index is 11.5. The van der Waals surface area contributed by atoms with Gasteiger partial charge in [0.15, 0.2) is 15.8 Å². The third kappa shape index (κ3) is 5.56. The Bertz CT molecular complexity index is 880. The summed E-state index contributed by atoms with van der Waals surface area (Å²) in [6.45, 7) is 3.32. The first-order valence-corrected chi connectivity index (χ1v) is 11.2. The summed E-state index contributed by atoms with van der Waals surface area (Å²) < 4.78 is 23.0. The molecule has 1 aliphatic rings. The largest absolute Gasteiger partial charge is 0.355 e. The average Bonchev–Trinajstić information content (AvgIpc) is 3.15. The first kappa shape index (κ1) is 20.3. The van der Waals surface area contributed by atoms with E-state index in [-0.39, 0.29) is 11.5 Å². The number of benzene rings is 1. The van der Waals surface area contributed by atoms with Crippen LogP contribution in [-0.2, 0) is 16.4 Å². The van der Waals surface area contributed by atoms with Crippen LogP contribution >= 0.6 is 0 Å². The summed E-state index contributed by atoms with van der Waals surface area (Å²) in [7, 11) is 0.887. The Labute approximate surface area is 166 Å². The fraction of sp³-hybridized carbons (Fsp3) is 0.474. The summed E-state index contributed by atoms with van der Waals surface area (Å²) in [5, 5.41) is 3.34. The van der Waals surface area contributed by atoms with E-state index in [2.05, 4.69) is 25.2 Å². The zero-order valence-electron chi connectivity index (χ0n) is 16.4. The molecule has 1 aliphatic heterocycles. The SMILES string of the molecule is CN=C(NCCN1CCS(=O)(=O)CC1)N(C)Cc1ncc(-c2ccccc2)[nH]1. The molecule has 0 spiro atoms. The Morgan fingerprint density at radius 2 is 2.00 bits per heavy atom. The quantitative estimate of drug-likeness (QED) is 0.547. The van der Waals surface area contributed by atoms with Gasteiger partial charge < -0.3 is 15.2 Å². The Hall–Kier alpha value is -2.39. The van der Waals surface area contributed by atoms with Crippen LogP contribution in [0.25, 0.3) is 11.3 Å². The minimum Gasteiger partial charge on any atom is -0.355 e. The molecule has 1 fully saturated rings. The van der Waals surface area contributed by atoms with Crippen molar-refractivity contribution in [1.82, 2.24) is 25.1 Å². The molecule has 2 aromatic rings. The van der Waals surface area contributed by atoms with Crippen LogP contribution in [-0.4, -0.2) is 85.9 Å². The van der Waals surface area contributed by atoms with E-state index in [1.165, 1.54) is 0 Å². The molecular formula is C19H28N6O2S. The molecule has 0 unspecified atom stereocenters. The van der Waals surface area contributed by atoms with Gasteiger partial charge in [0.05, 0.1) is 29.9 Å². The number of imidazole rings is 1. The highest BCUT2D eigenvalue weighted by Crippen LogP contribution is 2.16. The molecular weight excluding hydrogens is 376 g/mol. The predicted molar refractivity (Wildman–Crippen MR) is 112 cm³/mol. The number of guanidine groups is 1. The number of aromatic amines is 1. The van der Waals surface area contributed by atoms with Crippen LogP contribution in [0, 0.1) is 0 Å². The second-order valence-corrected chi connectivity index (χ2v) is 9.24. The monoisotopic (exact) mass is 404 g/mol. The lowest BCUT2D eigenvalue weighted by Crippen LogP contribution is -2.46.